The molecule has 0 bridgehead atoms. The Bertz CT molecular complexity index is 553. The summed E-state index contributed by atoms with van der Waals surface area (Å²) in [6, 6.07) is 5.77. The van der Waals surface area contributed by atoms with Gasteiger partial charge in [-0.3, -0.25) is 9.59 Å². The van der Waals surface area contributed by atoms with E-state index in [0.717, 1.165) is 49.8 Å². The van der Waals surface area contributed by atoms with Crippen molar-refractivity contribution < 1.29 is 9.59 Å². The van der Waals surface area contributed by atoms with E-state index in [2.05, 4.69) is 10.6 Å². The molecule has 0 aromatic heterocycles. The summed E-state index contributed by atoms with van der Waals surface area (Å²) in [6.07, 6.45) is 6.60. The number of amides is 2. The molecule has 2 rings (SSSR count). The van der Waals surface area contributed by atoms with Crippen LogP contribution in [0, 0.1) is 6.92 Å². The molecular weight excluding hydrogens is 290 g/mol. The highest BCUT2D eigenvalue weighted by Gasteiger charge is 2.24. The molecule has 5 nitrogen and oxygen atoms in total. The van der Waals surface area contributed by atoms with Crippen LogP contribution in [0.4, 0.5) is 5.69 Å². The molecule has 0 heterocycles. The van der Waals surface area contributed by atoms with Gasteiger partial charge in [0.25, 0.3) is 5.91 Å². The van der Waals surface area contributed by atoms with Crippen LogP contribution in [0.25, 0.3) is 0 Å². The Balaban J connectivity index is 1.85. The van der Waals surface area contributed by atoms with Crippen LogP contribution in [-0.4, -0.2) is 24.4 Å². The lowest BCUT2D eigenvalue weighted by molar-refractivity contribution is -0.116. The van der Waals surface area contributed by atoms with Gasteiger partial charge in [0.1, 0.15) is 0 Å². The Hall–Kier alpha value is -1.88. The lowest BCUT2D eigenvalue weighted by Crippen LogP contribution is -2.25. The number of rotatable bonds is 9. The Kier molecular flexibility index (Phi) is 6.59. The van der Waals surface area contributed by atoms with Gasteiger partial charge in [-0.25, -0.2) is 0 Å². The lowest BCUT2D eigenvalue weighted by atomic mass is 10.1. The SMILES string of the molecule is Cc1ccc(C(=O)NC2CC2)cc1NC(=O)CCCCCCN. The smallest absolute Gasteiger partial charge is 0.251 e. The van der Waals surface area contributed by atoms with Crippen molar-refractivity contribution >= 4 is 17.5 Å². The van der Waals surface area contributed by atoms with Gasteiger partial charge < -0.3 is 16.4 Å². The molecule has 0 atom stereocenters. The summed E-state index contributed by atoms with van der Waals surface area (Å²) < 4.78 is 0. The zero-order valence-electron chi connectivity index (χ0n) is 13.9. The van der Waals surface area contributed by atoms with Gasteiger partial charge >= 0.3 is 0 Å². The highest BCUT2D eigenvalue weighted by molar-refractivity contribution is 5.98. The van der Waals surface area contributed by atoms with Crippen LogP contribution in [0.5, 0.6) is 0 Å². The molecule has 0 spiro atoms. The fourth-order valence-corrected chi connectivity index (χ4v) is 2.39. The van der Waals surface area contributed by atoms with Crippen molar-refractivity contribution in [3.05, 3.63) is 29.3 Å². The van der Waals surface area contributed by atoms with Crippen molar-refractivity contribution in [3.8, 4) is 0 Å². The van der Waals surface area contributed by atoms with Crippen molar-refractivity contribution in [3.63, 3.8) is 0 Å². The van der Waals surface area contributed by atoms with Crippen LogP contribution in [0.15, 0.2) is 18.2 Å². The number of carbonyl (C=O) groups is 2. The summed E-state index contributed by atoms with van der Waals surface area (Å²) in [4.78, 5) is 24.1. The number of hydrogen-bond donors (Lipinski definition) is 3. The van der Waals surface area contributed by atoms with Gasteiger partial charge in [-0.1, -0.05) is 18.9 Å². The van der Waals surface area contributed by atoms with Crippen LogP contribution < -0.4 is 16.4 Å². The molecule has 23 heavy (non-hydrogen) atoms. The molecular formula is C18H27N3O2. The largest absolute Gasteiger partial charge is 0.349 e. The van der Waals surface area contributed by atoms with Gasteiger partial charge in [-0.15, -0.1) is 0 Å². The topological polar surface area (TPSA) is 84.2 Å². The highest BCUT2D eigenvalue weighted by Crippen LogP contribution is 2.21. The molecule has 1 aromatic rings. The molecule has 1 aliphatic carbocycles. The van der Waals surface area contributed by atoms with E-state index >= 15 is 0 Å². The molecule has 0 aliphatic heterocycles. The minimum absolute atomic E-state index is 0.000555. The fraction of sp³-hybridized carbons (Fsp3) is 0.556. The van der Waals surface area contributed by atoms with Crippen LogP contribution >= 0.6 is 0 Å². The van der Waals surface area contributed by atoms with Crippen LogP contribution in [0.1, 0.15) is 60.9 Å². The van der Waals surface area contributed by atoms with Crippen LogP contribution in [0.3, 0.4) is 0 Å². The average Bonchev–Trinajstić information content (AvgIpc) is 3.33. The summed E-state index contributed by atoms with van der Waals surface area (Å²) in [7, 11) is 0. The Morgan fingerprint density at radius 3 is 2.61 bits per heavy atom. The van der Waals surface area contributed by atoms with E-state index in [1.165, 1.54) is 0 Å². The molecule has 1 fully saturated rings. The molecule has 0 saturated heterocycles. The maximum atomic E-state index is 12.1. The van der Waals surface area contributed by atoms with Crippen molar-refractivity contribution in [1.29, 1.82) is 0 Å². The third kappa shape index (κ3) is 6.02. The second-order valence-corrected chi connectivity index (χ2v) is 6.28. The van der Waals surface area contributed by atoms with E-state index < -0.39 is 0 Å². The zero-order valence-corrected chi connectivity index (χ0v) is 13.9. The molecule has 2 amide bonds. The lowest BCUT2D eigenvalue weighted by Gasteiger charge is -2.11. The monoisotopic (exact) mass is 317 g/mol. The minimum Gasteiger partial charge on any atom is -0.349 e. The van der Waals surface area contributed by atoms with Crippen molar-refractivity contribution in [2.75, 3.05) is 11.9 Å². The first-order valence-corrected chi connectivity index (χ1v) is 8.51. The Labute approximate surface area is 138 Å². The number of anilines is 1. The molecule has 126 valence electrons. The predicted octanol–water partition coefficient (Wildman–Crippen LogP) is 2.73. The van der Waals surface area contributed by atoms with E-state index in [9.17, 15) is 9.59 Å². The normalized spacial score (nSPS) is 13.7. The Morgan fingerprint density at radius 2 is 1.91 bits per heavy atom. The van der Waals surface area contributed by atoms with Gasteiger partial charge in [-0.2, -0.15) is 0 Å². The average molecular weight is 317 g/mol. The van der Waals surface area contributed by atoms with E-state index in [1.807, 2.05) is 13.0 Å². The Morgan fingerprint density at radius 1 is 1.17 bits per heavy atom. The van der Waals surface area contributed by atoms with Gasteiger partial charge in [-0.05, 0) is 56.8 Å². The molecule has 1 saturated carbocycles. The summed E-state index contributed by atoms with van der Waals surface area (Å²) in [5.74, 6) is -0.0645. The van der Waals surface area contributed by atoms with E-state index in [4.69, 9.17) is 5.73 Å². The summed E-state index contributed by atoms with van der Waals surface area (Å²) in [5.41, 5.74) is 7.73. The maximum Gasteiger partial charge on any atom is 0.251 e. The first kappa shape index (κ1) is 17.5. The molecule has 0 radical (unpaired) electrons. The molecule has 4 N–H and O–H groups in total. The van der Waals surface area contributed by atoms with Gasteiger partial charge in [0.2, 0.25) is 5.91 Å². The van der Waals surface area contributed by atoms with E-state index in [-0.39, 0.29) is 11.8 Å². The number of carbonyl (C=O) groups excluding carboxylic acids is 2. The molecule has 0 unspecified atom stereocenters. The second-order valence-electron chi connectivity index (χ2n) is 6.28. The summed E-state index contributed by atoms with van der Waals surface area (Å²) >= 11 is 0. The fourth-order valence-electron chi connectivity index (χ4n) is 2.39. The quantitative estimate of drug-likeness (QED) is 0.612. The highest BCUT2D eigenvalue weighted by atomic mass is 16.2. The van der Waals surface area contributed by atoms with E-state index in [1.54, 1.807) is 12.1 Å². The van der Waals surface area contributed by atoms with Gasteiger partial charge in [0.15, 0.2) is 0 Å². The van der Waals surface area contributed by atoms with Gasteiger partial charge in [0.05, 0.1) is 0 Å². The zero-order chi connectivity index (χ0) is 16.7. The number of hydrogen-bond acceptors (Lipinski definition) is 3. The molecule has 1 aliphatic rings. The second kappa shape index (κ2) is 8.67. The summed E-state index contributed by atoms with van der Waals surface area (Å²) in [5, 5.41) is 5.88. The molecule has 5 heteroatoms. The number of aryl methyl sites for hydroxylation is 1. The van der Waals surface area contributed by atoms with Crippen molar-refractivity contribution in [2.45, 2.75) is 57.9 Å². The van der Waals surface area contributed by atoms with E-state index in [0.29, 0.717) is 24.6 Å². The first-order valence-electron chi connectivity index (χ1n) is 8.51. The minimum atomic E-state index is -0.0650. The van der Waals surface area contributed by atoms with Crippen molar-refractivity contribution in [1.82, 2.24) is 5.32 Å². The molecule has 1 aromatic carbocycles. The standard InChI is InChI=1S/C18H27N3O2/c1-13-7-8-14(18(23)20-15-9-10-15)12-16(13)21-17(22)6-4-2-3-5-11-19/h7-8,12,15H,2-6,9-11,19H2,1H3,(H,20,23)(H,21,22). The van der Waals surface area contributed by atoms with Crippen LogP contribution in [0.2, 0.25) is 0 Å². The predicted molar refractivity (Wildman–Crippen MR) is 92.4 cm³/mol. The first-order chi connectivity index (χ1) is 11.1. The number of nitrogens with two attached hydrogens (primary N) is 1. The third-order valence-corrected chi connectivity index (χ3v) is 4.04. The maximum absolute atomic E-state index is 12.1. The van der Waals surface area contributed by atoms with Crippen LogP contribution in [-0.2, 0) is 4.79 Å². The third-order valence-electron chi connectivity index (χ3n) is 4.04. The van der Waals surface area contributed by atoms with Gasteiger partial charge in [0, 0.05) is 23.7 Å². The van der Waals surface area contributed by atoms with Crippen molar-refractivity contribution in [2.24, 2.45) is 5.73 Å². The number of nitrogens with one attached hydrogen (secondary N) is 2. The number of unbranched alkanes of at least 4 members (excludes halogenated alkanes) is 3. The number of benzene rings is 1. The summed E-state index contributed by atoms with van der Waals surface area (Å²) in [6.45, 7) is 2.64.